The Balaban J connectivity index is 2.04. The average molecular weight is 184 g/mol. The van der Waals surface area contributed by atoms with Crippen molar-refractivity contribution in [3.63, 3.8) is 0 Å². The third kappa shape index (κ3) is 0.754. The van der Waals surface area contributed by atoms with E-state index in [1.54, 1.807) is 0 Å². The van der Waals surface area contributed by atoms with Crippen molar-refractivity contribution >= 4 is 23.4 Å². The van der Waals surface area contributed by atoms with Gasteiger partial charge < -0.3 is 10.2 Å². The Kier molecular flexibility index (Phi) is 1.26. The van der Waals surface area contributed by atoms with Crippen molar-refractivity contribution in [2.24, 2.45) is 0 Å². The lowest BCUT2D eigenvalue weighted by atomic mass is 10.2. The maximum atomic E-state index is 4.66. The average Bonchev–Trinajstić information content (AvgIpc) is 2.71. The van der Waals surface area contributed by atoms with Crippen LogP contribution in [0.5, 0.6) is 0 Å². The Morgan fingerprint density at radius 1 is 1.58 bits per heavy atom. The second-order valence-corrected chi connectivity index (χ2v) is 3.94. The number of nitrogens with one attached hydrogen (secondary N) is 1. The van der Waals surface area contributed by atoms with E-state index in [2.05, 4.69) is 25.2 Å². The van der Waals surface area contributed by atoms with Gasteiger partial charge in [-0.3, -0.25) is 0 Å². The van der Waals surface area contributed by atoms with Crippen LogP contribution in [-0.2, 0) is 0 Å². The van der Waals surface area contributed by atoms with E-state index in [1.807, 2.05) is 11.8 Å². The Labute approximate surface area is 73.4 Å². The summed E-state index contributed by atoms with van der Waals surface area (Å²) in [4.78, 5) is 2.24. The number of anilines is 2. The van der Waals surface area contributed by atoms with Crippen LogP contribution >= 0.6 is 11.8 Å². The molecule has 12 heavy (non-hydrogen) atoms. The van der Waals surface area contributed by atoms with Crippen LogP contribution in [0.2, 0.25) is 0 Å². The van der Waals surface area contributed by atoms with E-state index in [-0.39, 0.29) is 0 Å². The van der Waals surface area contributed by atoms with Crippen LogP contribution in [-0.4, -0.2) is 34.5 Å². The molecule has 0 aliphatic carbocycles. The Hall–Kier alpha value is -0.910. The molecule has 2 aliphatic rings. The molecule has 6 heteroatoms. The molecule has 0 unspecified atom stereocenters. The van der Waals surface area contributed by atoms with Crippen LogP contribution in [0.4, 0.5) is 11.6 Å². The van der Waals surface area contributed by atoms with Gasteiger partial charge in [0.25, 0.3) is 0 Å². The Bertz CT molecular complexity index is 301. The lowest BCUT2D eigenvalue weighted by Gasteiger charge is -2.27. The van der Waals surface area contributed by atoms with Gasteiger partial charge in [0.15, 0.2) is 0 Å². The largest absolute Gasteiger partial charge is 0.362 e. The number of nitrogens with zero attached hydrogens (tertiary/aromatic N) is 3. The van der Waals surface area contributed by atoms with Crippen LogP contribution in [0.15, 0.2) is 4.63 Å². The van der Waals surface area contributed by atoms with Gasteiger partial charge in [-0.1, -0.05) is 0 Å². The van der Waals surface area contributed by atoms with Crippen molar-refractivity contribution in [2.45, 2.75) is 6.04 Å². The molecule has 0 aromatic carbocycles. The molecule has 5 nitrogen and oxygen atoms in total. The molecule has 1 aromatic rings. The first-order valence-corrected chi connectivity index (χ1v) is 5.01. The molecule has 0 radical (unpaired) electrons. The van der Waals surface area contributed by atoms with Crippen molar-refractivity contribution in [3.8, 4) is 0 Å². The van der Waals surface area contributed by atoms with Crippen molar-refractivity contribution < 1.29 is 4.63 Å². The normalized spacial score (nSPS) is 26.3. The minimum atomic E-state index is 0.564. The van der Waals surface area contributed by atoms with Crippen LogP contribution in [0.3, 0.4) is 0 Å². The molecule has 1 saturated heterocycles. The maximum absolute atomic E-state index is 4.66. The van der Waals surface area contributed by atoms with Gasteiger partial charge in [-0.05, 0) is 10.3 Å². The quantitative estimate of drug-likeness (QED) is 0.629. The SMILES string of the molecule is C1Nc2nonc2N2CSC[C@H]12. The summed E-state index contributed by atoms with van der Waals surface area (Å²) in [5, 5.41) is 10.8. The lowest BCUT2D eigenvalue weighted by molar-refractivity contribution is 0.309. The topological polar surface area (TPSA) is 54.2 Å². The monoisotopic (exact) mass is 184 g/mol. The van der Waals surface area contributed by atoms with E-state index < -0.39 is 0 Å². The van der Waals surface area contributed by atoms with Gasteiger partial charge in [-0.25, -0.2) is 4.63 Å². The van der Waals surface area contributed by atoms with Gasteiger partial charge in [-0.2, -0.15) is 0 Å². The zero-order valence-corrected chi connectivity index (χ0v) is 7.17. The first kappa shape index (κ1) is 6.59. The molecule has 1 N–H and O–H groups in total. The third-order valence-corrected chi connectivity index (χ3v) is 3.31. The summed E-state index contributed by atoms with van der Waals surface area (Å²) < 4.78 is 4.66. The number of fused-ring (bicyclic) bond motifs is 3. The number of aromatic nitrogens is 2. The zero-order chi connectivity index (χ0) is 7.97. The summed E-state index contributed by atoms with van der Waals surface area (Å²) in [6.07, 6.45) is 0. The van der Waals surface area contributed by atoms with Crippen molar-refractivity contribution in [3.05, 3.63) is 0 Å². The summed E-state index contributed by atoms with van der Waals surface area (Å²) in [7, 11) is 0. The van der Waals surface area contributed by atoms with E-state index in [9.17, 15) is 0 Å². The lowest BCUT2D eigenvalue weighted by Crippen LogP contribution is -2.40. The number of rotatable bonds is 0. The van der Waals surface area contributed by atoms with Gasteiger partial charge in [0.05, 0.1) is 11.9 Å². The van der Waals surface area contributed by atoms with Crippen LogP contribution < -0.4 is 10.2 Å². The Morgan fingerprint density at radius 3 is 3.58 bits per heavy atom. The van der Waals surface area contributed by atoms with Gasteiger partial charge >= 0.3 is 0 Å². The van der Waals surface area contributed by atoms with Crippen LogP contribution in [0.25, 0.3) is 0 Å². The predicted molar refractivity (Wildman–Crippen MR) is 46.4 cm³/mol. The number of hydrogen-bond donors (Lipinski definition) is 1. The molecule has 64 valence electrons. The highest BCUT2D eigenvalue weighted by Gasteiger charge is 2.33. The molecule has 0 bridgehead atoms. The summed E-state index contributed by atoms with van der Waals surface area (Å²) in [5.74, 6) is 3.83. The molecule has 1 aromatic heterocycles. The molecule has 0 spiro atoms. The molecule has 3 rings (SSSR count). The van der Waals surface area contributed by atoms with Crippen molar-refractivity contribution in [1.82, 2.24) is 10.3 Å². The summed E-state index contributed by atoms with van der Waals surface area (Å²) in [5.41, 5.74) is 0. The number of hydrogen-bond acceptors (Lipinski definition) is 6. The molecule has 1 fully saturated rings. The van der Waals surface area contributed by atoms with E-state index >= 15 is 0 Å². The zero-order valence-electron chi connectivity index (χ0n) is 6.36. The van der Waals surface area contributed by atoms with Gasteiger partial charge in [0.1, 0.15) is 0 Å². The first-order chi connectivity index (χ1) is 5.95. The highest BCUT2D eigenvalue weighted by atomic mass is 32.2. The third-order valence-electron chi connectivity index (χ3n) is 2.23. The van der Waals surface area contributed by atoms with Crippen molar-refractivity contribution in [2.75, 3.05) is 28.4 Å². The van der Waals surface area contributed by atoms with Crippen molar-refractivity contribution in [1.29, 1.82) is 0 Å². The smallest absolute Gasteiger partial charge is 0.218 e. The van der Waals surface area contributed by atoms with Gasteiger partial charge in [0.2, 0.25) is 11.6 Å². The second-order valence-electron chi connectivity index (χ2n) is 2.94. The Morgan fingerprint density at radius 2 is 2.58 bits per heavy atom. The second kappa shape index (κ2) is 2.29. The summed E-state index contributed by atoms with van der Waals surface area (Å²) >= 11 is 1.92. The minimum absolute atomic E-state index is 0.564. The number of thioether (sulfide) groups is 1. The van der Waals surface area contributed by atoms with Gasteiger partial charge in [0, 0.05) is 12.3 Å². The molecule has 0 saturated carbocycles. The standard InChI is InChI=1S/C6H8N4OS/c1-4-2-12-3-10(4)6-5(7-1)8-11-9-6/h4H,1-3H2,(H,7,8)/t4-/m0/s1. The fourth-order valence-corrected chi connectivity index (χ4v) is 2.79. The molecule has 1 atom stereocenters. The van der Waals surface area contributed by atoms with E-state index in [0.29, 0.717) is 6.04 Å². The van der Waals surface area contributed by atoms with E-state index in [4.69, 9.17) is 0 Å². The molecular formula is C6H8N4OS. The highest BCUT2D eigenvalue weighted by Crippen LogP contribution is 2.33. The summed E-state index contributed by atoms with van der Waals surface area (Å²) in [6, 6.07) is 0.564. The van der Waals surface area contributed by atoms with E-state index in [0.717, 1.165) is 24.1 Å². The molecule has 2 aliphatic heterocycles. The molecule has 0 amide bonds. The van der Waals surface area contributed by atoms with E-state index in [1.165, 1.54) is 5.75 Å². The van der Waals surface area contributed by atoms with Crippen LogP contribution in [0.1, 0.15) is 0 Å². The van der Waals surface area contributed by atoms with Gasteiger partial charge in [-0.15, -0.1) is 11.8 Å². The fourth-order valence-electron chi connectivity index (χ4n) is 1.58. The van der Waals surface area contributed by atoms with Crippen LogP contribution in [0, 0.1) is 0 Å². The highest BCUT2D eigenvalue weighted by molar-refractivity contribution is 7.99. The maximum Gasteiger partial charge on any atom is 0.218 e. The minimum Gasteiger partial charge on any atom is -0.362 e. The summed E-state index contributed by atoms with van der Waals surface area (Å²) in [6.45, 7) is 0.953. The molecule has 3 heterocycles. The molecular weight excluding hydrogens is 176 g/mol. The first-order valence-electron chi connectivity index (χ1n) is 3.86. The fraction of sp³-hybridized carbons (Fsp3) is 0.667. The predicted octanol–water partition coefficient (Wildman–Crippen LogP) is 0.374.